The van der Waals surface area contributed by atoms with Crippen molar-refractivity contribution in [2.75, 3.05) is 13.2 Å². The van der Waals surface area contributed by atoms with Gasteiger partial charge in [0, 0.05) is 6.54 Å². The quantitative estimate of drug-likeness (QED) is 0.304. The molecule has 180 valence electrons. The van der Waals surface area contributed by atoms with Crippen LogP contribution < -0.4 is 9.47 Å². The monoisotopic (exact) mass is 491 g/mol. The Morgan fingerprint density at radius 3 is 2.43 bits per heavy atom. The number of hydrogen-bond acceptors (Lipinski definition) is 5. The zero-order valence-corrected chi connectivity index (χ0v) is 20.2. The van der Waals surface area contributed by atoms with Gasteiger partial charge in [-0.25, -0.2) is 4.39 Å². The van der Waals surface area contributed by atoms with Crippen LogP contribution in [-0.2, 0) is 17.8 Å². The van der Waals surface area contributed by atoms with Gasteiger partial charge in [-0.3, -0.25) is 14.5 Å². The Balaban J connectivity index is 1.42. The molecular weight excluding hydrogens is 465 g/mol. The topological polar surface area (TPSA) is 55.8 Å². The molecule has 0 saturated carbocycles. The second kappa shape index (κ2) is 11.7. The van der Waals surface area contributed by atoms with E-state index in [2.05, 4.69) is 0 Å². The molecule has 0 N–H and O–H groups in total. The number of hydrogen-bond donors (Lipinski definition) is 0. The summed E-state index contributed by atoms with van der Waals surface area (Å²) >= 11 is 0.951. The molecule has 35 heavy (non-hydrogen) atoms. The molecule has 2 amide bonds. The van der Waals surface area contributed by atoms with Crippen molar-refractivity contribution < 1.29 is 23.5 Å². The molecule has 1 aliphatic rings. The number of thioether (sulfide) groups is 1. The van der Waals surface area contributed by atoms with Gasteiger partial charge in [0.1, 0.15) is 12.4 Å². The van der Waals surface area contributed by atoms with Crippen molar-refractivity contribution in [3.63, 3.8) is 0 Å². The van der Waals surface area contributed by atoms with E-state index in [9.17, 15) is 14.0 Å². The van der Waals surface area contributed by atoms with Gasteiger partial charge in [-0.1, -0.05) is 48.5 Å². The molecular formula is C28H26FNO4S. The fraction of sp³-hybridized carbons (Fsp3) is 0.214. The van der Waals surface area contributed by atoms with Gasteiger partial charge in [0.15, 0.2) is 11.5 Å². The predicted octanol–water partition coefficient (Wildman–Crippen LogP) is 6.47. The van der Waals surface area contributed by atoms with E-state index in [4.69, 9.17) is 9.47 Å². The fourth-order valence-corrected chi connectivity index (χ4v) is 4.54. The Hall–Kier alpha value is -3.58. The van der Waals surface area contributed by atoms with Crippen LogP contribution in [0.2, 0.25) is 0 Å². The average Bonchev–Trinajstić information content (AvgIpc) is 3.13. The molecule has 0 aliphatic carbocycles. The van der Waals surface area contributed by atoms with Crippen LogP contribution in [0, 0.1) is 5.82 Å². The smallest absolute Gasteiger partial charge is 0.293 e. The van der Waals surface area contributed by atoms with Crippen molar-refractivity contribution in [1.82, 2.24) is 4.90 Å². The van der Waals surface area contributed by atoms with Crippen molar-refractivity contribution in [2.24, 2.45) is 0 Å². The number of ether oxygens (including phenoxy) is 2. The zero-order valence-electron chi connectivity index (χ0n) is 19.4. The van der Waals surface area contributed by atoms with E-state index in [1.165, 1.54) is 22.6 Å². The summed E-state index contributed by atoms with van der Waals surface area (Å²) < 4.78 is 24.7. The minimum Gasteiger partial charge on any atom is -0.490 e. The standard InChI is InChI=1S/C28H26FNO4S/c1-2-33-25-17-22(12-15-24(25)34-19-21-10-13-23(29)14-11-21)18-26-27(31)30(28(32)35-26)16-6-9-20-7-4-3-5-8-20/h3-5,7-8,10-15,17-18H,2,6,9,16,19H2,1H3/b26-18+. The number of rotatable bonds is 10. The summed E-state index contributed by atoms with van der Waals surface area (Å²) in [6.45, 7) is 2.96. The highest BCUT2D eigenvalue weighted by atomic mass is 32.2. The first-order valence-corrected chi connectivity index (χ1v) is 12.3. The lowest BCUT2D eigenvalue weighted by molar-refractivity contribution is -0.122. The number of carbonyl (C=O) groups is 2. The first kappa shape index (κ1) is 24.5. The third-order valence-corrected chi connectivity index (χ3v) is 6.34. The lowest BCUT2D eigenvalue weighted by Gasteiger charge is -2.13. The lowest BCUT2D eigenvalue weighted by atomic mass is 10.1. The van der Waals surface area contributed by atoms with Crippen LogP contribution in [0.15, 0.2) is 77.7 Å². The molecule has 4 rings (SSSR count). The normalized spacial score (nSPS) is 14.6. The predicted molar refractivity (Wildman–Crippen MR) is 136 cm³/mol. The molecule has 1 fully saturated rings. The molecule has 0 radical (unpaired) electrons. The van der Waals surface area contributed by atoms with E-state index < -0.39 is 0 Å². The Labute approximate surface area is 208 Å². The van der Waals surface area contributed by atoms with Gasteiger partial charge in [0.05, 0.1) is 11.5 Å². The van der Waals surface area contributed by atoms with Crippen LogP contribution in [0.25, 0.3) is 6.08 Å². The van der Waals surface area contributed by atoms with Crippen molar-refractivity contribution >= 4 is 29.0 Å². The van der Waals surface area contributed by atoms with E-state index in [1.54, 1.807) is 30.3 Å². The lowest BCUT2D eigenvalue weighted by Crippen LogP contribution is -2.29. The van der Waals surface area contributed by atoms with Crippen LogP contribution in [0.5, 0.6) is 11.5 Å². The maximum absolute atomic E-state index is 13.1. The number of carbonyl (C=O) groups excluding carboxylic acids is 2. The van der Waals surface area contributed by atoms with Gasteiger partial charge < -0.3 is 9.47 Å². The van der Waals surface area contributed by atoms with Crippen molar-refractivity contribution in [3.8, 4) is 11.5 Å². The summed E-state index contributed by atoms with van der Waals surface area (Å²) in [6.07, 6.45) is 3.22. The number of halogens is 1. The van der Waals surface area contributed by atoms with Gasteiger partial charge in [-0.2, -0.15) is 0 Å². The second-order valence-electron chi connectivity index (χ2n) is 7.98. The first-order chi connectivity index (χ1) is 17.0. The van der Waals surface area contributed by atoms with Gasteiger partial charge >= 0.3 is 0 Å². The Kier molecular flexibility index (Phi) is 8.21. The van der Waals surface area contributed by atoms with Crippen molar-refractivity contribution in [2.45, 2.75) is 26.4 Å². The summed E-state index contributed by atoms with van der Waals surface area (Å²) in [5.74, 6) is 0.504. The maximum Gasteiger partial charge on any atom is 0.293 e. The molecule has 0 spiro atoms. The van der Waals surface area contributed by atoms with E-state index in [0.29, 0.717) is 36.0 Å². The summed E-state index contributed by atoms with van der Waals surface area (Å²) in [4.78, 5) is 27.0. The largest absolute Gasteiger partial charge is 0.490 e. The summed E-state index contributed by atoms with van der Waals surface area (Å²) in [7, 11) is 0. The Morgan fingerprint density at radius 1 is 0.914 bits per heavy atom. The molecule has 1 heterocycles. The van der Waals surface area contributed by atoms with Gasteiger partial charge in [-0.15, -0.1) is 0 Å². The van der Waals surface area contributed by atoms with Crippen LogP contribution in [0.3, 0.4) is 0 Å². The first-order valence-electron chi connectivity index (χ1n) is 11.5. The molecule has 7 heteroatoms. The van der Waals surface area contributed by atoms with Crippen molar-refractivity contribution in [1.29, 1.82) is 0 Å². The molecule has 0 aromatic heterocycles. The number of nitrogens with zero attached hydrogens (tertiary/aromatic N) is 1. The van der Waals surface area contributed by atoms with Crippen LogP contribution in [-0.4, -0.2) is 29.2 Å². The minimum absolute atomic E-state index is 0.251. The average molecular weight is 492 g/mol. The molecule has 3 aromatic carbocycles. The van der Waals surface area contributed by atoms with Crippen LogP contribution in [0.1, 0.15) is 30.0 Å². The highest BCUT2D eigenvalue weighted by Gasteiger charge is 2.34. The highest BCUT2D eigenvalue weighted by molar-refractivity contribution is 8.18. The Bertz CT molecular complexity index is 1210. The van der Waals surface area contributed by atoms with E-state index in [-0.39, 0.29) is 23.6 Å². The van der Waals surface area contributed by atoms with Gasteiger partial charge in [0.25, 0.3) is 11.1 Å². The SMILES string of the molecule is CCOc1cc(/C=C2/SC(=O)N(CCCc3ccccc3)C2=O)ccc1OCc1ccc(F)cc1. The molecule has 0 atom stereocenters. The number of amides is 2. The van der Waals surface area contributed by atoms with Crippen LogP contribution in [0.4, 0.5) is 9.18 Å². The third-order valence-electron chi connectivity index (χ3n) is 5.44. The second-order valence-corrected chi connectivity index (χ2v) is 8.97. The maximum atomic E-state index is 13.1. The summed E-state index contributed by atoms with van der Waals surface area (Å²) in [5.41, 5.74) is 2.75. The Morgan fingerprint density at radius 2 is 1.69 bits per heavy atom. The summed E-state index contributed by atoms with van der Waals surface area (Å²) in [6, 6.07) is 21.5. The molecule has 0 bridgehead atoms. The van der Waals surface area contributed by atoms with E-state index in [0.717, 1.165) is 29.3 Å². The van der Waals surface area contributed by atoms with Gasteiger partial charge in [0.2, 0.25) is 0 Å². The van der Waals surface area contributed by atoms with Crippen molar-refractivity contribution in [3.05, 3.63) is 100 Å². The molecule has 0 unspecified atom stereocenters. The minimum atomic E-state index is -0.297. The zero-order chi connectivity index (χ0) is 24.6. The van der Waals surface area contributed by atoms with Gasteiger partial charge in [-0.05, 0) is 78.6 Å². The van der Waals surface area contributed by atoms with E-state index >= 15 is 0 Å². The number of imide groups is 1. The highest BCUT2D eigenvalue weighted by Crippen LogP contribution is 2.35. The third kappa shape index (κ3) is 6.51. The van der Waals surface area contributed by atoms with Crippen LogP contribution >= 0.6 is 11.8 Å². The molecule has 3 aromatic rings. The molecule has 1 aliphatic heterocycles. The fourth-order valence-electron chi connectivity index (χ4n) is 3.67. The van der Waals surface area contributed by atoms with E-state index in [1.807, 2.05) is 43.3 Å². The number of aryl methyl sites for hydroxylation is 1. The number of benzene rings is 3. The summed E-state index contributed by atoms with van der Waals surface area (Å²) in [5, 5.41) is -0.251. The molecule has 1 saturated heterocycles. The molecule has 5 nitrogen and oxygen atoms in total.